The van der Waals surface area contributed by atoms with Gasteiger partial charge in [-0.1, -0.05) is 98.9 Å². The van der Waals surface area contributed by atoms with Gasteiger partial charge in [0.25, 0.3) is 0 Å². The van der Waals surface area contributed by atoms with Crippen molar-refractivity contribution in [3.05, 3.63) is 187 Å². The Morgan fingerprint density at radius 1 is 0.696 bits per heavy atom. The maximum Gasteiger partial charge on any atom is 0.366 e. The fourth-order valence-corrected chi connectivity index (χ4v) is 6.85. The Morgan fingerprint density at radius 3 is 1.87 bits per heavy atom. The molecule has 0 amide bonds. The molecule has 0 fully saturated rings. The van der Waals surface area contributed by atoms with E-state index in [0.29, 0.717) is 47.5 Å². The first kappa shape index (κ1) is 52.0. The van der Waals surface area contributed by atoms with Gasteiger partial charge in [0.1, 0.15) is 48.6 Å². The largest absolute Gasteiger partial charge is 0.494 e. The first-order chi connectivity index (χ1) is 33.6. The third kappa shape index (κ3) is 15.5. The Balaban J connectivity index is 0.000000363. The van der Waals surface area contributed by atoms with E-state index in [1.165, 1.54) is 12.3 Å². The Kier molecular flexibility index (Phi) is 20.8. The molecule has 356 valence electrons. The lowest BCUT2D eigenvalue weighted by Crippen LogP contribution is -2.13. The number of benzene rings is 6. The van der Waals surface area contributed by atoms with E-state index in [-0.39, 0.29) is 38.3 Å². The van der Waals surface area contributed by atoms with E-state index >= 15 is 0 Å². The van der Waals surface area contributed by atoms with Crippen molar-refractivity contribution in [1.82, 2.24) is 0 Å². The minimum Gasteiger partial charge on any atom is -0.494 e. The molecule has 0 saturated heterocycles. The molecule has 1 unspecified atom stereocenters. The van der Waals surface area contributed by atoms with Gasteiger partial charge >= 0.3 is 11.9 Å². The number of ether oxygens (including phenoxy) is 7. The number of esters is 2. The summed E-state index contributed by atoms with van der Waals surface area (Å²) < 4.78 is 50.9. The lowest BCUT2D eigenvalue weighted by molar-refractivity contribution is -0.142. The predicted octanol–water partition coefficient (Wildman–Crippen LogP) is 11.3. The highest BCUT2D eigenvalue weighted by Gasteiger charge is 2.16. The van der Waals surface area contributed by atoms with Crippen molar-refractivity contribution in [2.24, 2.45) is 0 Å². The number of rotatable bonds is 21. The number of hydrogen-bond acceptors (Lipinski definition) is 12. The first-order valence-electron chi connectivity index (χ1n) is 22.1. The van der Waals surface area contributed by atoms with Crippen molar-refractivity contribution in [1.29, 1.82) is 10.8 Å². The normalized spacial score (nSPS) is 10.9. The van der Waals surface area contributed by atoms with E-state index in [4.69, 9.17) is 44.0 Å². The molecule has 1 atom stereocenters. The molecule has 0 bridgehead atoms. The second-order valence-corrected chi connectivity index (χ2v) is 15.0. The van der Waals surface area contributed by atoms with Crippen molar-refractivity contribution < 1.29 is 51.9 Å². The van der Waals surface area contributed by atoms with Crippen LogP contribution in [0.5, 0.6) is 23.0 Å². The molecule has 0 aliphatic carbocycles. The van der Waals surface area contributed by atoms with Gasteiger partial charge in [0, 0.05) is 42.7 Å². The van der Waals surface area contributed by atoms with Crippen LogP contribution in [0.3, 0.4) is 0 Å². The number of nitrogens with one attached hydrogen (secondary N) is 2. The van der Waals surface area contributed by atoms with Crippen LogP contribution in [0.2, 0.25) is 0 Å². The van der Waals surface area contributed by atoms with Crippen LogP contribution in [0, 0.1) is 10.8 Å². The lowest BCUT2D eigenvalue weighted by atomic mass is 10.0. The van der Waals surface area contributed by atoms with E-state index in [1.54, 1.807) is 37.4 Å². The minimum atomic E-state index is -1.16. The first-order valence-corrected chi connectivity index (χ1v) is 22.1. The minimum absolute atomic E-state index is 0.0795. The molecule has 69 heavy (non-hydrogen) atoms. The van der Waals surface area contributed by atoms with Crippen molar-refractivity contribution >= 4 is 56.8 Å². The van der Waals surface area contributed by atoms with Gasteiger partial charge in [0.05, 0.1) is 30.7 Å². The zero-order valence-electron chi connectivity index (χ0n) is 38.6. The second kappa shape index (κ2) is 27.6. The molecule has 0 spiro atoms. The summed E-state index contributed by atoms with van der Waals surface area (Å²) in [6.45, 7) is 9.66. The Hall–Kier alpha value is -8.00. The maximum absolute atomic E-state index is 13.0. The summed E-state index contributed by atoms with van der Waals surface area (Å²) in [5.41, 5.74) is 1.80. The van der Waals surface area contributed by atoms with Crippen LogP contribution in [0.25, 0.3) is 32.3 Å². The van der Waals surface area contributed by atoms with Gasteiger partial charge < -0.3 is 38.6 Å². The van der Waals surface area contributed by atoms with Gasteiger partial charge in [0.2, 0.25) is 5.83 Å². The highest BCUT2D eigenvalue weighted by atomic mass is 19.1. The van der Waals surface area contributed by atoms with E-state index in [9.17, 15) is 14.0 Å². The summed E-state index contributed by atoms with van der Waals surface area (Å²) in [5.74, 6) is -0.619. The lowest BCUT2D eigenvalue weighted by Gasteiger charge is -2.19. The van der Waals surface area contributed by atoms with Crippen molar-refractivity contribution in [2.75, 3.05) is 46.8 Å². The quantitative estimate of drug-likeness (QED) is 0.0177. The number of fused-ring (bicyclic) bond motifs is 3. The second-order valence-electron chi connectivity index (χ2n) is 15.0. The van der Waals surface area contributed by atoms with Gasteiger partial charge in [-0.3, -0.25) is 10.2 Å². The van der Waals surface area contributed by atoms with Gasteiger partial charge in [-0.25, -0.2) is 9.59 Å². The fraction of sp³-hybridized carbons (Fsp3) is 0.196. The number of aldehydes is 1. The number of carbonyl (C=O) groups is 3. The molecule has 7 aromatic rings. The third-order valence-corrected chi connectivity index (χ3v) is 10.3. The van der Waals surface area contributed by atoms with Crippen LogP contribution in [0.15, 0.2) is 165 Å². The Bertz CT molecular complexity index is 2840. The number of halogens is 1. The highest BCUT2D eigenvalue weighted by molar-refractivity contribution is 6.03. The molecular weight excluding hydrogens is 880 g/mol. The summed E-state index contributed by atoms with van der Waals surface area (Å²) in [7, 11) is 1.67. The Morgan fingerprint density at radius 2 is 1.28 bits per heavy atom. The van der Waals surface area contributed by atoms with Gasteiger partial charge in [-0.2, -0.15) is 4.39 Å². The summed E-state index contributed by atoms with van der Waals surface area (Å²) in [6, 6.07) is 43.6. The monoisotopic (exact) mass is 934 g/mol. The maximum atomic E-state index is 13.0. The molecular formula is C56H55FN2O10. The molecule has 7 rings (SSSR count). The highest BCUT2D eigenvalue weighted by Crippen LogP contribution is 2.33. The van der Waals surface area contributed by atoms with Crippen LogP contribution in [0.1, 0.15) is 47.4 Å². The van der Waals surface area contributed by atoms with Crippen LogP contribution in [-0.2, 0) is 23.8 Å². The Labute approximate surface area is 400 Å². The molecule has 0 aliphatic rings. The zero-order valence-corrected chi connectivity index (χ0v) is 38.6. The summed E-state index contributed by atoms with van der Waals surface area (Å²) in [6.07, 6.45) is 4.41. The number of hydrogen-bond donors (Lipinski definition) is 2. The van der Waals surface area contributed by atoms with Crippen molar-refractivity contribution in [3.63, 3.8) is 0 Å². The van der Waals surface area contributed by atoms with Crippen LogP contribution in [0.4, 0.5) is 4.39 Å². The van der Waals surface area contributed by atoms with E-state index in [2.05, 4.69) is 37.0 Å². The zero-order chi connectivity index (χ0) is 49.4. The molecule has 0 saturated carbocycles. The molecule has 13 heteroatoms. The summed E-state index contributed by atoms with van der Waals surface area (Å²) in [5, 5.41) is 22.7. The van der Waals surface area contributed by atoms with Crippen LogP contribution < -0.4 is 24.3 Å². The predicted molar refractivity (Wildman–Crippen MR) is 266 cm³/mol. The number of allylic oxidation sites excluding steroid dienone is 1. The molecule has 0 aromatic heterocycles. The molecule has 2 N–H and O–H groups in total. The standard InChI is InChI=1S/C38H40FNO9.C15H11N.C3H4O/c1-4-35(27-6-11-30(12-7-27)45-19-5-18-43-3)48-32-15-16-33-29(24-32)10-17-36(34(33)25-40)49-38(42)28-8-13-31(14-9-28)46-22-20-44-21-23-47-37(41)26(2)39;16-15-13-7-3-1-5-11(13)9-10-12-6-2-4-8-14(12)15;1-2-3-4/h6-17,24-25,35,40H,2,4-5,18-23H2,1,3H3;1-10,16H;2-3H,1H2. The average molecular weight is 935 g/mol. The fourth-order valence-electron chi connectivity index (χ4n) is 6.85. The number of methoxy groups -OCH3 is 1. The molecule has 12 nitrogen and oxygen atoms in total. The van der Waals surface area contributed by atoms with Crippen LogP contribution in [-0.4, -0.2) is 71.2 Å². The molecule has 0 radical (unpaired) electrons. The smallest absolute Gasteiger partial charge is 0.366 e. The SMILES string of the molecule is C=C(F)C(=O)OCCOCCOc1ccc(C(=O)Oc2ccc3cc(OC(CC)c4ccc(OCCCOC)cc4)ccc3c2C=N)cc1.C=CC=O.N=c1c2ccccc2ccc2ccccc12. The summed E-state index contributed by atoms with van der Waals surface area (Å²) in [4.78, 5) is 33.0. The van der Waals surface area contributed by atoms with E-state index < -0.39 is 17.8 Å². The van der Waals surface area contributed by atoms with Crippen LogP contribution >= 0.6 is 0 Å². The molecule has 0 heterocycles. The van der Waals surface area contributed by atoms with E-state index in [1.807, 2.05) is 97.1 Å². The third-order valence-electron chi connectivity index (χ3n) is 10.3. The van der Waals surface area contributed by atoms with Crippen molar-refractivity contribution in [2.45, 2.75) is 25.9 Å². The van der Waals surface area contributed by atoms with Gasteiger partial charge in [0.15, 0.2) is 0 Å². The van der Waals surface area contributed by atoms with Crippen molar-refractivity contribution in [3.8, 4) is 23.0 Å². The molecule has 7 aromatic carbocycles. The van der Waals surface area contributed by atoms with E-state index in [0.717, 1.165) is 56.5 Å². The summed E-state index contributed by atoms with van der Waals surface area (Å²) >= 11 is 0. The van der Waals surface area contributed by atoms with Gasteiger partial charge in [-0.15, -0.1) is 0 Å². The number of carbonyl (C=O) groups excluding carboxylic acids is 3. The average Bonchev–Trinajstić information content (AvgIpc) is 3.52. The van der Waals surface area contributed by atoms with Gasteiger partial charge in [-0.05, 0) is 100 Å². The molecule has 0 aliphatic heterocycles. The topological polar surface area (TPSA) is 164 Å².